The van der Waals surface area contributed by atoms with Crippen molar-refractivity contribution < 1.29 is 55.5 Å². The first-order chi connectivity index (χ1) is 3.35. The van der Waals surface area contributed by atoms with Gasteiger partial charge >= 0.3 is 7.32 Å². The SMILES string of the molecule is FOB(OF)OF.[Cd]. The molecule has 0 fully saturated rings. The molecule has 0 heterocycles. The van der Waals surface area contributed by atoms with Crippen molar-refractivity contribution >= 4 is 7.32 Å². The van der Waals surface area contributed by atoms with Crippen molar-refractivity contribution in [2.24, 2.45) is 0 Å². The molecule has 8 heavy (non-hydrogen) atoms. The van der Waals surface area contributed by atoms with Crippen LogP contribution in [0.1, 0.15) is 0 Å². The topological polar surface area (TPSA) is 27.7 Å². The molecule has 0 aliphatic carbocycles. The second-order valence-electron chi connectivity index (χ2n) is 0.556. The van der Waals surface area contributed by atoms with Crippen LogP contribution in [0.5, 0.6) is 0 Å². The molecule has 0 aromatic rings. The van der Waals surface area contributed by atoms with Gasteiger partial charge in [0.25, 0.3) is 0 Å². The van der Waals surface area contributed by atoms with Gasteiger partial charge in [0.2, 0.25) is 0 Å². The van der Waals surface area contributed by atoms with Gasteiger partial charge in [-0.3, -0.25) is 0 Å². The van der Waals surface area contributed by atoms with Crippen LogP contribution in [0.3, 0.4) is 0 Å². The van der Waals surface area contributed by atoms with E-state index in [-0.39, 0.29) is 27.3 Å². The van der Waals surface area contributed by atoms with Crippen LogP contribution < -0.4 is 0 Å². The van der Waals surface area contributed by atoms with Crippen LogP contribution in [0.4, 0.5) is 13.6 Å². The Kier molecular flexibility index (Phi) is 11.0. The third kappa shape index (κ3) is 4.81. The predicted octanol–water partition coefficient (Wildman–Crippen LogP) is 0.672. The maximum absolute atomic E-state index is 10.4. The number of hydrogen-bond acceptors (Lipinski definition) is 3. The van der Waals surface area contributed by atoms with E-state index in [0.717, 1.165) is 0 Å². The number of rotatable bonds is 3. The van der Waals surface area contributed by atoms with Gasteiger partial charge < -0.3 is 0 Å². The summed E-state index contributed by atoms with van der Waals surface area (Å²) in [6.07, 6.45) is 0. The normalized spacial score (nSPS) is 7.88. The molecule has 0 aromatic carbocycles. The average molecular weight is 228 g/mol. The van der Waals surface area contributed by atoms with Gasteiger partial charge in [-0.1, -0.05) is 13.6 Å². The molecular formula is BCdF3O3. The quantitative estimate of drug-likeness (QED) is 0.664. The Bertz CT molecular complexity index is 36.0. The molecule has 0 saturated carbocycles. The minimum absolute atomic E-state index is 0. The van der Waals surface area contributed by atoms with Gasteiger partial charge in [0.05, 0.1) is 0 Å². The minimum atomic E-state index is -2.51. The van der Waals surface area contributed by atoms with Gasteiger partial charge in [0.1, 0.15) is 0 Å². The summed E-state index contributed by atoms with van der Waals surface area (Å²) in [6, 6.07) is 0. The molecule has 0 aromatic heterocycles. The Morgan fingerprint density at radius 2 is 1.12 bits per heavy atom. The third-order valence-electron chi connectivity index (χ3n) is 0.218. The van der Waals surface area contributed by atoms with E-state index in [1.165, 1.54) is 0 Å². The molecular weight excluding hydrogens is 228 g/mol. The van der Waals surface area contributed by atoms with Crippen molar-refractivity contribution in [2.75, 3.05) is 0 Å². The van der Waals surface area contributed by atoms with Crippen LogP contribution in [0.15, 0.2) is 0 Å². The van der Waals surface area contributed by atoms with Crippen molar-refractivity contribution in [3.05, 3.63) is 0 Å². The summed E-state index contributed by atoms with van der Waals surface area (Å²) >= 11 is 0. The van der Waals surface area contributed by atoms with E-state index in [0.29, 0.717) is 0 Å². The largest absolute Gasteiger partial charge is 0.737 e. The molecule has 0 amide bonds. The van der Waals surface area contributed by atoms with Gasteiger partial charge in [-0.2, -0.15) is 14.6 Å². The molecule has 0 aliphatic heterocycles. The summed E-state index contributed by atoms with van der Waals surface area (Å²) in [5, 5.41) is 0. The summed E-state index contributed by atoms with van der Waals surface area (Å²) in [5.41, 5.74) is 0. The van der Waals surface area contributed by atoms with E-state index in [4.69, 9.17) is 0 Å². The molecule has 0 atom stereocenters. The molecule has 0 spiro atoms. The fourth-order valence-electron chi connectivity index (χ4n) is 0.0412. The van der Waals surface area contributed by atoms with E-state index in [1.54, 1.807) is 0 Å². The Morgan fingerprint density at radius 1 is 0.875 bits per heavy atom. The van der Waals surface area contributed by atoms with E-state index in [2.05, 4.69) is 14.6 Å². The van der Waals surface area contributed by atoms with Crippen LogP contribution in [0.2, 0.25) is 0 Å². The van der Waals surface area contributed by atoms with E-state index in [1.807, 2.05) is 0 Å². The van der Waals surface area contributed by atoms with Crippen molar-refractivity contribution in [1.29, 1.82) is 0 Å². The van der Waals surface area contributed by atoms with E-state index < -0.39 is 7.32 Å². The van der Waals surface area contributed by atoms with Gasteiger partial charge in [0.15, 0.2) is 0 Å². The Labute approximate surface area is 63.1 Å². The van der Waals surface area contributed by atoms with Gasteiger partial charge in [0, 0.05) is 27.3 Å². The average Bonchev–Trinajstić information content (AvgIpc) is 1.72. The number of hydrogen-bond donors (Lipinski definition) is 0. The monoisotopic (exact) mass is 230 g/mol. The molecule has 0 aliphatic rings. The van der Waals surface area contributed by atoms with Crippen molar-refractivity contribution in [1.82, 2.24) is 0 Å². The minimum Gasteiger partial charge on any atom is -0.185 e. The Morgan fingerprint density at radius 3 is 1.12 bits per heavy atom. The summed E-state index contributed by atoms with van der Waals surface area (Å²) < 4.78 is 31.3. The number of halogens is 3. The summed E-state index contributed by atoms with van der Waals surface area (Å²) in [4.78, 5) is 7.06. The molecule has 0 bridgehead atoms. The maximum atomic E-state index is 10.4. The van der Waals surface area contributed by atoms with Gasteiger partial charge in [-0.05, 0) is 0 Å². The van der Waals surface area contributed by atoms with Crippen LogP contribution in [-0.4, -0.2) is 7.32 Å². The van der Waals surface area contributed by atoms with E-state index >= 15 is 0 Å². The molecule has 0 unspecified atom stereocenters. The first-order valence-corrected chi connectivity index (χ1v) is 1.17. The first kappa shape index (κ1) is 11.5. The Hall–Kier alpha value is 0.657. The summed E-state index contributed by atoms with van der Waals surface area (Å²) in [6.45, 7) is 0. The van der Waals surface area contributed by atoms with Crippen molar-refractivity contribution in [3.8, 4) is 0 Å². The molecule has 3 nitrogen and oxygen atoms in total. The third-order valence-corrected chi connectivity index (χ3v) is 0.218. The fourth-order valence-corrected chi connectivity index (χ4v) is 0.0412. The smallest absolute Gasteiger partial charge is 0.185 e. The van der Waals surface area contributed by atoms with Crippen LogP contribution >= 0.6 is 0 Å². The zero-order valence-corrected chi connectivity index (χ0v) is 7.68. The second-order valence-corrected chi connectivity index (χ2v) is 0.556. The fraction of sp³-hybridized carbons (Fsp3) is 0. The molecule has 0 radical (unpaired) electrons. The van der Waals surface area contributed by atoms with Crippen molar-refractivity contribution in [3.63, 3.8) is 0 Å². The van der Waals surface area contributed by atoms with Crippen LogP contribution in [0.25, 0.3) is 0 Å². The standard InChI is InChI=1S/BF3O3.Cd/c2-5-1(6-3)7-4;. The zero-order chi connectivity index (χ0) is 5.70. The van der Waals surface area contributed by atoms with E-state index in [9.17, 15) is 13.6 Å². The molecule has 0 rings (SSSR count). The summed E-state index contributed by atoms with van der Waals surface area (Å²) in [5.74, 6) is 0. The van der Waals surface area contributed by atoms with Gasteiger partial charge in [-0.25, -0.2) is 0 Å². The van der Waals surface area contributed by atoms with Gasteiger partial charge in [-0.15, -0.1) is 0 Å². The van der Waals surface area contributed by atoms with Crippen LogP contribution in [-0.2, 0) is 41.9 Å². The summed E-state index contributed by atoms with van der Waals surface area (Å²) in [7, 11) is -2.51. The molecule has 8 heteroatoms. The van der Waals surface area contributed by atoms with Crippen LogP contribution in [0, 0.1) is 0 Å². The molecule has 0 saturated heterocycles. The maximum Gasteiger partial charge on any atom is 0.737 e. The molecule has 0 N–H and O–H groups in total. The first-order valence-electron chi connectivity index (χ1n) is 1.17. The Balaban J connectivity index is 0. The van der Waals surface area contributed by atoms with Crippen molar-refractivity contribution in [2.45, 2.75) is 0 Å². The zero-order valence-electron chi connectivity index (χ0n) is 3.64. The predicted molar refractivity (Wildman–Crippen MR) is 12.3 cm³/mol. The second kappa shape index (κ2) is 7.66. The molecule has 44 valence electrons.